The molecule has 3 atom stereocenters. The zero-order valence-corrected chi connectivity index (χ0v) is 12.8. The van der Waals surface area contributed by atoms with Crippen molar-refractivity contribution in [2.75, 3.05) is 6.54 Å². The van der Waals surface area contributed by atoms with E-state index in [9.17, 15) is 0 Å². The van der Waals surface area contributed by atoms with Gasteiger partial charge in [-0.05, 0) is 57.4 Å². The monoisotopic (exact) mass is 271 g/mol. The van der Waals surface area contributed by atoms with Gasteiger partial charge in [0.05, 0.1) is 0 Å². The van der Waals surface area contributed by atoms with E-state index in [0.717, 1.165) is 12.0 Å². The Bertz CT molecular complexity index is 268. The highest BCUT2D eigenvalue weighted by molar-refractivity contribution is 5.85. The van der Waals surface area contributed by atoms with Crippen molar-refractivity contribution in [3.63, 3.8) is 0 Å². The molecule has 0 bridgehead atoms. The molecule has 106 valence electrons. The molecule has 2 aliphatic heterocycles. The second-order valence-corrected chi connectivity index (χ2v) is 6.72. The van der Waals surface area contributed by atoms with Gasteiger partial charge >= 0.3 is 0 Å². The van der Waals surface area contributed by atoms with E-state index in [1.54, 1.807) is 6.42 Å². The summed E-state index contributed by atoms with van der Waals surface area (Å²) in [5.74, 6) is 1.07. The lowest BCUT2D eigenvalue weighted by molar-refractivity contribution is -0.0417. The highest BCUT2D eigenvalue weighted by Gasteiger charge is 2.52. The zero-order valence-electron chi connectivity index (χ0n) is 12.0. The van der Waals surface area contributed by atoms with Crippen LogP contribution in [0.1, 0.15) is 77.6 Å². The van der Waals surface area contributed by atoms with Gasteiger partial charge in [-0.1, -0.05) is 32.6 Å². The molecule has 3 fully saturated rings. The third-order valence-electron chi connectivity index (χ3n) is 5.93. The van der Waals surface area contributed by atoms with Crippen molar-refractivity contribution in [2.45, 2.75) is 89.1 Å². The molecule has 0 radical (unpaired) electrons. The second kappa shape index (κ2) is 6.13. The van der Waals surface area contributed by atoms with Gasteiger partial charge in [0.1, 0.15) is 0 Å². The van der Waals surface area contributed by atoms with Crippen LogP contribution in [0.5, 0.6) is 0 Å². The molecule has 2 heterocycles. The van der Waals surface area contributed by atoms with Gasteiger partial charge in [-0.15, -0.1) is 12.4 Å². The lowest BCUT2D eigenvalue weighted by Gasteiger charge is -2.55. The molecule has 1 saturated carbocycles. The van der Waals surface area contributed by atoms with E-state index in [-0.39, 0.29) is 12.4 Å². The Kier molecular flexibility index (Phi) is 4.99. The Balaban J connectivity index is 0.00000120. The first kappa shape index (κ1) is 14.7. The highest BCUT2D eigenvalue weighted by atomic mass is 35.5. The summed E-state index contributed by atoms with van der Waals surface area (Å²) in [5, 5.41) is 0. The Labute approximate surface area is 119 Å². The van der Waals surface area contributed by atoms with Crippen molar-refractivity contribution < 1.29 is 0 Å². The molecule has 0 unspecified atom stereocenters. The molecule has 3 rings (SSSR count). The first-order chi connectivity index (χ1) is 8.37. The lowest BCUT2D eigenvalue weighted by atomic mass is 9.66. The quantitative estimate of drug-likeness (QED) is 0.714. The predicted molar refractivity (Wildman–Crippen MR) is 80.4 cm³/mol. The minimum absolute atomic E-state index is 0. The number of piperidine rings is 1. The lowest BCUT2D eigenvalue weighted by Crippen LogP contribution is -2.58. The van der Waals surface area contributed by atoms with Crippen molar-refractivity contribution >= 4 is 12.4 Å². The second-order valence-electron chi connectivity index (χ2n) is 6.72. The fraction of sp³-hybridized carbons (Fsp3) is 1.00. The summed E-state index contributed by atoms with van der Waals surface area (Å²) in [7, 11) is 0. The van der Waals surface area contributed by atoms with Crippen LogP contribution in [0.25, 0.3) is 0 Å². The maximum atomic E-state index is 3.00. The minimum atomic E-state index is 0. The molecule has 1 aliphatic carbocycles. The third kappa shape index (κ3) is 2.33. The van der Waals surface area contributed by atoms with Gasteiger partial charge in [-0.2, -0.15) is 0 Å². The number of rotatable bonds is 3. The van der Waals surface area contributed by atoms with Crippen LogP contribution in [0.15, 0.2) is 0 Å². The highest BCUT2D eigenvalue weighted by Crippen LogP contribution is 2.52. The van der Waals surface area contributed by atoms with Gasteiger partial charge in [-0.25, -0.2) is 0 Å². The van der Waals surface area contributed by atoms with Crippen LogP contribution in [0.4, 0.5) is 0 Å². The van der Waals surface area contributed by atoms with Gasteiger partial charge in [-0.3, -0.25) is 4.90 Å². The third-order valence-corrected chi connectivity index (χ3v) is 5.93. The Hall–Kier alpha value is 0.250. The van der Waals surface area contributed by atoms with Crippen molar-refractivity contribution in [3.05, 3.63) is 0 Å². The number of hydrogen-bond acceptors (Lipinski definition) is 1. The van der Waals surface area contributed by atoms with Gasteiger partial charge in [0.2, 0.25) is 0 Å². The van der Waals surface area contributed by atoms with Crippen LogP contribution in [0.2, 0.25) is 0 Å². The summed E-state index contributed by atoms with van der Waals surface area (Å²) >= 11 is 0. The van der Waals surface area contributed by atoms with Crippen LogP contribution < -0.4 is 0 Å². The molecule has 0 aromatic carbocycles. The summed E-state index contributed by atoms with van der Waals surface area (Å²) in [6.45, 7) is 3.76. The number of unbranched alkanes of at least 4 members (excludes halogenated alkanes) is 1. The largest absolute Gasteiger partial charge is 0.294 e. The van der Waals surface area contributed by atoms with Crippen LogP contribution >= 0.6 is 12.4 Å². The van der Waals surface area contributed by atoms with Crippen molar-refractivity contribution in [1.29, 1.82) is 0 Å². The van der Waals surface area contributed by atoms with E-state index in [0.29, 0.717) is 5.54 Å². The van der Waals surface area contributed by atoms with E-state index in [1.165, 1.54) is 70.8 Å². The number of hydrogen-bond donors (Lipinski definition) is 0. The average molecular weight is 272 g/mol. The molecular formula is C16H30ClN. The van der Waals surface area contributed by atoms with Crippen LogP contribution in [-0.2, 0) is 0 Å². The molecule has 2 saturated heterocycles. The summed E-state index contributed by atoms with van der Waals surface area (Å²) < 4.78 is 0. The molecule has 0 N–H and O–H groups in total. The standard InChI is InChI=1S/C16H29N.ClH/c1-2-3-8-15-10-9-14-7-4-5-11-16(14)12-6-13-17(15)16;/h14-15H,2-13H2,1H3;1H/t14-,15+,16-;/m1./s1. The number of halogens is 1. The average Bonchev–Trinajstić information content (AvgIpc) is 2.79. The molecule has 1 spiro atoms. The predicted octanol–water partition coefficient (Wildman–Crippen LogP) is 4.79. The topological polar surface area (TPSA) is 3.24 Å². The normalized spacial score (nSPS) is 39.8. The van der Waals surface area contributed by atoms with Crippen LogP contribution in [0, 0.1) is 5.92 Å². The minimum Gasteiger partial charge on any atom is -0.294 e. The zero-order chi connectivity index (χ0) is 11.7. The molecule has 2 heteroatoms. The molecular weight excluding hydrogens is 242 g/mol. The molecule has 18 heavy (non-hydrogen) atoms. The summed E-state index contributed by atoms with van der Waals surface area (Å²) in [4.78, 5) is 3.00. The first-order valence-electron chi connectivity index (χ1n) is 8.13. The van der Waals surface area contributed by atoms with Crippen molar-refractivity contribution in [1.82, 2.24) is 4.90 Å². The van der Waals surface area contributed by atoms with E-state index in [1.807, 2.05) is 0 Å². The van der Waals surface area contributed by atoms with Crippen LogP contribution in [-0.4, -0.2) is 23.0 Å². The molecule has 1 nitrogen and oxygen atoms in total. The Morgan fingerprint density at radius 2 is 1.89 bits per heavy atom. The molecule has 3 aliphatic rings. The summed E-state index contributed by atoms with van der Waals surface area (Å²) in [6, 6.07) is 0.951. The van der Waals surface area contributed by atoms with Crippen LogP contribution in [0.3, 0.4) is 0 Å². The van der Waals surface area contributed by atoms with E-state index >= 15 is 0 Å². The SMILES string of the molecule is CCCC[C@H]1CC[C@H]2CCCC[C@@]23CCCN13.Cl. The Morgan fingerprint density at radius 3 is 2.72 bits per heavy atom. The molecule has 0 aromatic heterocycles. The maximum absolute atomic E-state index is 3.00. The fourth-order valence-corrected chi connectivity index (χ4v) is 5.17. The van der Waals surface area contributed by atoms with Crippen molar-refractivity contribution in [2.24, 2.45) is 5.92 Å². The summed E-state index contributed by atoms with van der Waals surface area (Å²) in [6.07, 6.45) is 16.5. The van der Waals surface area contributed by atoms with Crippen molar-refractivity contribution in [3.8, 4) is 0 Å². The first-order valence-corrected chi connectivity index (χ1v) is 8.13. The van der Waals surface area contributed by atoms with Gasteiger partial charge in [0, 0.05) is 11.6 Å². The van der Waals surface area contributed by atoms with E-state index < -0.39 is 0 Å². The summed E-state index contributed by atoms with van der Waals surface area (Å²) in [5.41, 5.74) is 0.689. The van der Waals surface area contributed by atoms with Gasteiger partial charge in [0.25, 0.3) is 0 Å². The molecule has 0 amide bonds. The smallest absolute Gasteiger partial charge is 0.0241 e. The number of nitrogens with zero attached hydrogens (tertiary/aromatic N) is 1. The maximum Gasteiger partial charge on any atom is 0.0241 e. The Morgan fingerprint density at radius 1 is 1.06 bits per heavy atom. The van der Waals surface area contributed by atoms with E-state index in [4.69, 9.17) is 0 Å². The van der Waals surface area contributed by atoms with E-state index in [2.05, 4.69) is 11.8 Å². The molecule has 0 aromatic rings. The van der Waals surface area contributed by atoms with Gasteiger partial charge in [0.15, 0.2) is 0 Å². The van der Waals surface area contributed by atoms with Gasteiger partial charge < -0.3 is 0 Å². The fourth-order valence-electron chi connectivity index (χ4n) is 5.17.